The summed E-state index contributed by atoms with van der Waals surface area (Å²) < 4.78 is 89.4. The summed E-state index contributed by atoms with van der Waals surface area (Å²) >= 11 is 0. The molecule has 11 heteroatoms. The third-order valence-corrected chi connectivity index (χ3v) is 5.49. The van der Waals surface area contributed by atoms with Gasteiger partial charge in [0.15, 0.2) is 0 Å². The number of nitrogens with zero attached hydrogens (tertiary/aromatic N) is 2. The van der Waals surface area contributed by atoms with Crippen LogP contribution in [-0.4, -0.2) is 23.3 Å². The highest BCUT2D eigenvalue weighted by molar-refractivity contribution is 5.59. The van der Waals surface area contributed by atoms with E-state index in [4.69, 9.17) is 9.26 Å². The second-order valence-electron chi connectivity index (χ2n) is 7.96. The fourth-order valence-corrected chi connectivity index (χ4v) is 3.72. The van der Waals surface area contributed by atoms with E-state index < -0.39 is 23.5 Å². The zero-order chi connectivity index (χ0) is 24.3. The third-order valence-electron chi connectivity index (χ3n) is 5.49. The molecule has 1 atom stereocenters. The molecule has 3 aromatic rings. The van der Waals surface area contributed by atoms with Gasteiger partial charge in [0, 0.05) is 5.56 Å². The maximum Gasteiger partial charge on any atom is 0.419 e. The first-order valence-corrected chi connectivity index (χ1v) is 10.7. The Bertz CT molecular complexity index is 1100. The molecule has 0 amide bonds. The number of aromatic nitrogens is 2. The van der Waals surface area contributed by atoms with Gasteiger partial charge >= 0.3 is 12.4 Å². The lowest BCUT2D eigenvalue weighted by Gasteiger charge is -2.15. The molecule has 1 fully saturated rings. The number of halogens is 6. The molecule has 1 unspecified atom stereocenters. The van der Waals surface area contributed by atoms with E-state index in [0.29, 0.717) is 24.3 Å². The first-order valence-electron chi connectivity index (χ1n) is 10.7. The average Bonchev–Trinajstić information content (AvgIpc) is 3.48. The Morgan fingerprint density at radius 3 is 2.41 bits per heavy atom. The first kappa shape index (κ1) is 24.1. The molecule has 34 heavy (non-hydrogen) atoms. The highest BCUT2D eigenvalue weighted by Gasteiger charge is 2.35. The summed E-state index contributed by atoms with van der Waals surface area (Å²) in [6.07, 6.45) is -6.64. The summed E-state index contributed by atoms with van der Waals surface area (Å²) in [5.41, 5.74) is -0.939. The normalized spacial score (nSPS) is 16.7. The van der Waals surface area contributed by atoms with E-state index in [1.807, 2.05) is 0 Å². The van der Waals surface area contributed by atoms with Crippen LogP contribution in [0.2, 0.25) is 0 Å². The molecule has 1 saturated heterocycles. The van der Waals surface area contributed by atoms with Gasteiger partial charge in [-0.05, 0) is 68.1 Å². The number of rotatable bonds is 7. The van der Waals surface area contributed by atoms with Crippen LogP contribution in [0, 0.1) is 0 Å². The number of alkyl halides is 6. The van der Waals surface area contributed by atoms with E-state index in [9.17, 15) is 26.3 Å². The van der Waals surface area contributed by atoms with Crippen molar-refractivity contribution in [1.82, 2.24) is 15.5 Å². The molecule has 1 aliphatic heterocycles. The molecular formula is C23H21F6N3O2. The van der Waals surface area contributed by atoms with Gasteiger partial charge in [-0.2, -0.15) is 31.3 Å². The Labute approximate surface area is 191 Å². The van der Waals surface area contributed by atoms with Crippen molar-refractivity contribution in [2.24, 2.45) is 0 Å². The minimum absolute atomic E-state index is 0.0385. The minimum Gasteiger partial charge on any atom is -0.493 e. The van der Waals surface area contributed by atoms with E-state index in [0.717, 1.165) is 37.6 Å². The Balaban J connectivity index is 1.41. The van der Waals surface area contributed by atoms with Crippen LogP contribution in [-0.2, 0) is 18.8 Å². The van der Waals surface area contributed by atoms with E-state index in [2.05, 4.69) is 15.5 Å². The molecule has 0 spiro atoms. The van der Waals surface area contributed by atoms with Crippen molar-refractivity contribution in [1.29, 1.82) is 0 Å². The molecule has 182 valence electrons. The van der Waals surface area contributed by atoms with Crippen LogP contribution in [0.5, 0.6) is 5.75 Å². The van der Waals surface area contributed by atoms with Crippen molar-refractivity contribution < 1.29 is 35.6 Å². The van der Waals surface area contributed by atoms with Gasteiger partial charge in [-0.1, -0.05) is 17.3 Å². The summed E-state index contributed by atoms with van der Waals surface area (Å²) in [5.74, 6) is 0.0533. The van der Waals surface area contributed by atoms with Gasteiger partial charge in [0.1, 0.15) is 5.75 Å². The summed E-state index contributed by atoms with van der Waals surface area (Å²) in [7, 11) is 0. The molecule has 1 aliphatic rings. The average molecular weight is 485 g/mol. The van der Waals surface area contributed by atoms with Gasteiger partial charge in [-0.15, -0.1) is 0 Å². The van der Waals surface area contributed by atoms with E-state index >= 15 is 0 Å². The summed E-state index contributed by atoms with van der Waals surface area (Å²) in [6.45, 7) is 0.772. The lowest BCUT2D eigenvalue weighted by atomic mass is 10.1. The second kappa shape index (κ2) is 9.65. The molecule has 1 N–H and O–H groups in total. The third kappa shape index (κ3) is 5.69. The van der Waals surface area contributed by atoms with Crippen molar-refractivity contribution in [3.63, 3.8) is 0 Å². The SMILES string of the molecule is FC(F)(F)c1ccc(CCCOc2ccc(-c3noc(C4CCCN4)n3)cc2C(F)(F)F)cc1. The molecule has 0 saturated carbocycles. The smallest absolute Gasteiger partial charge is 0.419 e. The highest BCUT2D eigenvalue weighted by atomic mass is 19.4. The molecular weight excluding hydrogens is 464 g/mol. The number of ether oxygens (including phenoxy) is 1. The molecule has 0 aliphatic carbocycles. The molecule has 4 rings (SSSR count). The minimum atomic E-state index is -4.67. The Hall–Kier alpha value is -3.08. The summed E-state index contributed by atoms with van der Waals surface area (Å²) in [5, 5.41) is 7.00. The largest absolute Gasteiger partial charge is 0.493 e. The van der Waals surface area contributed by atoms with Crippen LogP contribution >= 0.6 is 0 Å². The fourth-order valence-electron chi connectivity index (χ4n) is 3.72. The van der Waals surface area contributed by atoms with Gasteiger partial charge in [0.25, 0.3) is 0 Å². The van der Waals surface area contributed by atoms with Crippen molar-refractivity contribution in [2.75, 3.05) is 13.2 Å². The number of aryl methyl sites for hydroxylation is 1. The molecule has 0 bridgehead atoms. The van der Waals surface area contributed by atoms with Crippen molar-refractivity contribution in [3.05, 3.63) is 65.0 Å². The lowest BCUT2D eigenvalue weighted by Crippen LogP contribution is -2.13. The van der Waals surface area contributed by atoms with E-state index in [1.54, 1.807) is 0 Å². The van der Waals surface area contributed by atoms with Crippen LogP contribution < -0.4 is 10.1 Å². The van der Waals surface area contributed by atoms with Crippen LogP contribution in [0.1, 0.15) is 47.9 Å². The number of nitrogens with one attached hydrogen (secondary N) is 1. The zero-order valence-electron chi connectivity index (χ0n) is 17.8. The van der Waals surface area contributed by atoms with Crippen LogP contribution in [0.15, 0.2) is 47.0 Å². The molecule has 2 heterocycles. The maximum atomic E-state index is 13.7. The van der Waals surface area contributed by atoms with Gasteiger partial charge in [-0.3, -0.25) is 0 Å². The van der Waals surface area contributed by atoms with Crippen LogP contribution in [0.25, 0.3) is 11.4 Å². The first-order chi connectivity index (χ1) is 16.1. The molecule has 5 nitrogen and oxygen atoms in total. The van der Waals surface area contributed by atoms with E-state index in [1.165, 1.54) is 24.3 Å². The van der Waals surface area contributed by atoms with Gasteiger partial charge in [0.2, 0.25) is 11.7 Å². The van der Waals surface area contributed by atoms with Crippen molar-refractivity contribution in [3.8, 4) is 17.1 Å². The van der Waals surface area contributed by atoms with Gasteiger partial charge in [-0.25, -0.2) is 0 Å². The Kier molecular flexibility index (Phi) is 6.83. The van der Waals surface area contributed by atoms with Gasteiger partial charge < -0.3 is 14.6 Å². The predicted molar refractivity (Wildman–Crippen MR) is 110 cm³/mol. The van der Waals surface area contributed by atoms with Crippen molar-refractivity contribution >= 4 is 0 Å². The highest BCUT2D eigenvalue weighted by Crippen LogP contribution is 2.39. The topological polar surface area (TPSA) is 60.2 Å². The monoisotopic (exact) mass is 485 g/mol. The summed E-state index contributed by atoms with van der Waals surface area (Å²) in [6, 6.07) is 8.10. The second-order valence-corrected chi connectivity index (χ2v) is 7.96. The Morgan fingerprint density at radius 1 is 1.00 bits per heavy atom. The van der Waals surface area contributed by atoms with Crippen LogP contribution in [0.4, 0.5) is 26.3 Å². The molecule has 1 aromatic heterocycles. The lowest BCUT2D eigenvalue weighted by molar-refractivity contribution is -0.139. The quantitative estimate of drug-likeness (QED) is 0.319. The maximum absolute atomic E-state index is 13.7. The number of benzene rings is 2. The molecule has 2 aromatic carbocycles. The zero-order valence-corrected chi connectivity index (χ0v) is 17.8. The predicted octanol–water partition coefficient (Wildman–Crippen LogP) is 6.21. The van der Waals surface area contributed by atoms with Gasteiger partial charge in [0.05, 0.1) is 23.8 Å². The standard InChI is InChI=1S/C23H21F6N3O2/c24-22(25,26)16-8-5-14(6-9-16)3-2-12-33-19-10-7-15(13-17(19)23(27,28)29)20-31-21(34-32-20)18-4-1-11-30-18/h5-10,13,18,30H,1-4,11-12H2. The Morgan fingerprint density at radius 2 is 1.76 bits per heavy atom. The van der Waals surface area contributed by atoms with Crippen molar-refractivity contribution in [2.45, 2.75) is 44.1 Å². The summed E-state index contributed by atoms with van der Waals surface area (Å²) in [4.78, 5) is 4.23. The van der Waals surface area contributed by atoms with E-state index in [-0.39, 0.29) is 29.8 Å². The number of hydrogen-bond donors (Lipinski definition) is 1. The molecule has 0 radical (unpaired) electrons. The number of hydrogen-bond acceptors (Lipinski definition) is 5. The van der Waals surface area contributed by atoms with Crippen LogP contribution in [0.3, 0.4) is 0 Å². The fraction of sp³-hybridized carbons (Fsp3) is 0.391.